The standard InChI is InChI=1S/C14H12ClN3O4/c1-6-3-4-7(5-8(6)15)18-12(19)9-10(13(18)20)16-17-11(9)14(21)22-2/h3-5,9-10,16H,1-2H3/t9-,10-/m1/s1. The zero-order chi connectivity index (χ0) is 16.0. The van der Waals surface area contributed by atoms with Gasteiger partial charge < -0.3 is 4.74 Å². The highest BCUT2D eigenvalue weighted by Crippen LogP contribution is 2.32. The van der Waals surface area contributed by atoms with Gasteiger partial charge in [-0.3, -0.25) is 15.0 Å². The van der Waals surface area contributed by atoms with Crippen molar-refractivity contribution < 1.29 is 19.1 Å². The molecule has 0 aromatic heterocycles. The number of nitrogens with zero attached hydrogens (tertiary/aromatic N) is 2. The van der Waals surface area contributed by atoms with Gasteiger partial charge in [-0.1, -0.05) is 17.7 Å². The van der Waals surface area contributed by atoms with Crippen molar-refractivity contribution >= 4 is 40.8 Å². The van der Waals surface area contributed by atoms with Gasteiger partial charge in [-0.05, 0) is 24.6 Å². The first-order valence-corrected chi connectivity index (χ1v) is 6.89. The molecule has 114 valence electrons. The Bertz CT molecular complexity index is 731. The molecule has 22 heavy (non-hydrogen) atoms. The number of carbonyl (C=O) groups excluding carboxylic acids is 3. The molecule has 2 aliphatic rings. The predicted molar refractivity (Wildman–Crippen MR) is 78.5 cm³/mol. The second-order valence-electron chi connectivity index (χ2n) is 5.02. The average Bonchev–Trinajstić information content (AvgIpc) is 3.03. The quantitative estimate of drug-likeness (QED) is 0.638. The van der Waals surface area contributed by atoms with Crippen LogP contribution in [0.5, 0.6) is 0 Å². The van der Waals surface area contributed by atoms with E-state index in [1.165, 1.54) is 7.11 Å². The summed E-state index contributed by atoms with van der Waals surface area (Å²) >= 11 is 6.05. The van der Waals surface area contributed by atoms with E-state index in [9.17, 15) is 14.4 Å². The summed E-state index contributed by atoms with van der Waals surface area (Å²) in [5.74, 6) is -2.70. The van der Waals surface area contributed by atoms with Crippen LogP contribution in [0.25, 0.3) is 0 Å². The predicted octanol–water partition coefficient (Wildman–Crippen LogP) is 0.639. The number of anilines is 1. The summed E-state index contributed by atoms with van der Waals surface area (Å²) in [5.41, 5.74) is 3.64. The first kappa shape index (κ1) is 14.5. The maximum Gasteiger partial charge on any atom is 0.355 e. The number of fused-ring (bicyclic) bond motifs is 1. The molecule has 0 aliphatic carbocycles. The highest BCUT2D eigenvalue weighted by Gasteiger charge is 2.55. The van der Waals surface area contributed by atoms with Gasteiger partial charge in [0.2, 0.25) is 5.91 Å². The van der Waals surface area contributed by atoms with Gasteiger partial charge in [0.1, 0.15) is 12.0 Å². The Hall–Kier alpha value is -2.41. The third-order valence-corrected chi connectivity index (χ3v) is 4.14. The summed E-state index contributed by atoms with van der Waals surface area (Å²) in [7, 11) is 1.19. The van der Waals surface area contributed by atoms with Gasteiger partial charge in [0.05, 0.1) is 12.8 Å². The van der Waals surface area contributed by atoms with Crippen LogP contribution < -0.4 is 10.3 Å². The van der Waals surface area contributed by atoms with Crippen LogP contribution in [0.3, 0.4) is 0 Å². The van der Waals surface area contributed by atoms with Crippen molar-refractivity contribution in [2.75, 3.05) is 12.0 Å². The van der Waals surface area contributed by atoms with E-state index in [1.54, 1.807) is 18.2 Å². The lowest BCUT2D eigenvalue weighted by Gasteiger charge is -2.16. The minimum atomic E-state index is -0.972. The van der Waals surface area contributed by atoms with Crippen molar-refractivity contribution in [1.29, 1.82) is 0 Å². The fraction of sp³-hybridized carbons (Fsp3) is 0.286. The lowest BCUT2D eigenvalue weighted by molar-refractivity contribution is -0.133. The van der Waals surface area contributed by atoms with Crippen LogP contribution >= 0.6 is 11.6 Å². The Morgan fingerprint density at radius 3 is 2.73 bits per heavy atom. The number of halogens is 1. The van der Waals surface area contributed by atoms with E-state index in [-0.39, 0.29) is 5.71 Å². The Kier molecular flexibility index (Phi) is 3.37. The number of nitrogens with one attached hydrogen (secondary N) is 1. The van der Waals surface area contributed by atoms with Gasteiger partial charge >= 0.3 is 5.97 Å². The average molecular weight is 322 g/mol. The molecule has 1 aromatic rings. The fourth-order valence-corrected chi connectivity index (χ4v) is 2.71. The van der Waals surface area contributed by atoms with Gasteiger partial charge in [-0.25, -0.2) is 9.69 Å². The fourth-order valence-electron chi connectivity index (χ4n) is 2.54. The number of carbonyl (C=O) groups is 3. The van der Waals surface area contributed by atoms with Gasteiger partial charge in [-0.2, -0.15) is 5.10 Å². The number of hydrogen-bond acceptors (Lipinski definition) is 6. The van der Waals surface area contributed by atoms with Crippen molar-refractivity contribution in [3.63, 3.8) is 0 Å². The zero-order valence-corrected chi connectivity index (χ0v) is 12.5. The molecule has 0 bridgehead atoms. The number of imide groups is 1. The van der Waals surface area contributed by atoms with Crippen molar-refractivity contribution in [3.8, 4) is 0 Å². The maximum absolute atomic E-state index is 12.6. The number of rotatable bonds is 2. The topological polar surface area (TPSA) is 88.1 Å². The van der Waals surface area contributed by atoms with Crippen molar-refractivity contribution in [2.45, 2.75) is 13.0 Å². The van der Waals surface area contributed by atoms with E-state index in [1.807, 2.05) is 6.92 Å². The van der Waals surface area contributed by atoms with E-state index in [4.69, 9.17) is 11.6 Å². The van der Waals surface area contributed by atoms with Crippen LogP contribution in [0.1, 0.15) is 5.56 Å². The molecular weight excluding hydrogens is 310 g/mol. The Balaban J connectivity index is 1.98. The van der Waals surface area contributed by atoms with Crippen LogP contribution in [0.2, 0.25) is 5.02 Å². The third kappa shape index (κ3) is 1.97. The third-order valence-electron chi connectivity index (χ3n) is 3.73. The molecule has 1 aromatic carbocycles. The number of hydrazone groups is 1. The lowest BCUT2D eigenvalue weighted by atomic mass is 9.99. The molecule has 0 spiro atoms. The minimum Gasteiger partial charge on any atom is -0.464 e. The van der Waals surface area contributed by atoms with Crippen LogP contribution in [-0.4, -0.2) is 36.6 Å². The summed E-state index contributed by atoms with van der Waals surface area (Å²) in [6, 6.07) is 4.01. The number of esters is 1. The Morgan fingerprint density at radius 1 is 1.36 bits per heavy atom. The van der Waals surface area contributed by atoms with E-state index >= 15 is 0 Å². The van der Waals surface area contributed by atoms with Crippen molar-refractivity contribution in [2.24, 2.45) is 11.0 Å². The molecule has 2 aliphatic heterocycles. The maximum atomic E-state index is 12.6. The number of benzene rings is 1. The van der Waals surface area contributed by atoms with Crippen LogP contribution in [0, 0.1) is 12.8 Å². The van der Waals surface area contributed by atoms with Crippen LogP contribution in [0.4, 0.5) is 5.69 Å². The summed E-state index contributed by atoms with van der Waals surface area (Å²) in [5, 5.41) is 4.20. The lowest BCUT2D eigenvalue weighted by Crippen LogP contribution is -2.36. The van der Waals surface area contributed by atoms with Crippen molar-refractivity contribution in [1.82, 2.24) is 5.43 Å². The molecule has 1 saturated heterocycles. The second-order valence-corrected chi connectivity index (χ2v) is 5.43. The molecule has 7 nitrogen and oxygen atoms in total. The summed E-state index contributed by atoms with van der Waals surface area (Å²) in [4.78, 5) is 37.7. The largest absolute Gasteiger partial charge is 0.464 e. The van der Waals surface area contributed by atoms with Gasteiger partial charge in [0, 0.05) is 5.02 Å². The SMILES string of the molecule is COC(=O)C1=NN[C@H]2C(=O)N(c3ccc(C)c(Cl)c3)C(=O)[C@@H]12. The molecule has 1 fully saturated rings. The number of hydrogen-bond donors (Lipinski definition) is 1. The number of amides is 2. The molecule has 2 amide bonds. The molecule has 0 unspecified atom stereocenters. The summed E-state index contributed by atoms with van der Waals surface area (Å²) in [6.45, 7) is 1.82. The first-order valence-electron chi connectivity index (χ1n) is 6.51. The van der Waals surface area contributed by atoms with Gasteiger partial charge in [0.15, 0.2) is 5.71 Å². The van der Waals surface area contributed by atoms with E-state index in [0.29, 0.717) is 10.7 Å². The highest BCUT2D eigenvalue weighted by atomic mass is 35.5. The molecule has 1 N–H and O–H groups in total. The smallest absolute Gasteiger partial charge is 0.355 e. The molecule has 0 saturated carbocycles. The number of methoxy groups -OCH3 is 1. The highest BCUT2D eigenvalue weighted by molar-refractivity contribution is 6.46. The first-order chi connectivity index (χ1) is 10.5. The van der Waals surface area contributed by atoms with E-state index in [0.717, 1.165) is 10.5 Å². The van der Waals surface area contributed by atoms with E-state index in [2.05, 4.69) is 15.3 Å². The zero-order valence-electron chi connectivity index (χ0n) is 11.8. The molecular formula is C14H12ClN3O4. The van der Waals surface area contributed by atoms with Crippen LogP contribution in [0.15, 0.2) is 23.3 Å². The second kappa shape index (κ2) is 5.10. The molecule has 0 radical (unpaired) electrons. The van der Waals surface area contributed by atoms with Gasteiger partial charge in [-0.15, -0.1) is 0 Å². The molecule has 8 heteroatoms. The Morgan fingerprint density at radius 2 is 2.09 bits per heavy atom. The van der Waals surface area contributed by atoms with Gasteiger partial charge in [0.25, 0.3) is 5.91 Å². The molecule has 2 heterocycles. The monoisotopic (exact) mass is 321 g/mol. The summed E-state index contributed by atoms with van der Waals surface area (Å²) in [6.07, 6.45) is 0. The minimum absolute atomic E-state index is 0.0911. The Labute approximate surface area is 130 Å². The normalized spacial score (nSPS) is 23.2. The van der Waals surface area contributed by atoms with Crippen LogP contribution in [-0.2, 0) is 19.1 Å². The van der Waals surface area contributed by atoms with E-state index < -0.39 is 29.7 Å². The number of ether oxygens (including phenoxy) is 1. The molecule has 3 rings (SSSR count). The number of aryl methyl sites for hydroxylation is 1. The summed E-state index contributed by atoms with van der Waals surface area (Å²) < 4.78 is 4.59. The van der Waals surface area contributed by atoms with Crippen molar-refractivity contribution in [3.05, 3.63) is 28.8 Å². The molecule has 2 atom stereocenters.